The van der Waals surface area contributed by atoms with Crippen molar-refractivity contribution in [2.75, 3.05) is 27.3 Å². The molecular weight excluding hydrogens is 310 g/mol. The molecular formula is C18H27NO5. The Kier molecular flexibility index (Phi) is 5.59. The molecule has 1 aliphatic heterocycles. The third kappa shape index (κ3) is 4.32. The van der Waals surface area contributed by atoms with Crippen LogP contribution in [-0.2, 0) is 4.74 Å². The number of hydrogen-bond acceptors (Lipinski definition) is 5. The number of carbonyl (C=O) groups excluding carboxylic acids is 1. The first kappa shape index (κ1) is 18.4. The van der Waals surface area contributed by atoms with E-state index in [1.54, 1.807) is 19.1 Å². The van der Waals surface area contributed by atoms with Crippen LogP contribution in [0.3, 0.4) is 0 Å². The predicted molar refractivity (Wildman–Crippen MR) is 90.7 cm³/mol. The Bertz CT molecular complexity index is 581. The highest BCUT2D eigenvalue weighted by molar-refractivity contribution is 5.68. The van der Waals surface area contributed by atoms with E-state index in [0.29, 0.717) is 24.5 Å². The van der Waals surface area contributed by atoms with Crippen molar-refractivity contribution in [3.8, 4) is 11.5 Å². The molecule has 0 radical (unpaired) electrons. The molecule has 0 aliphatic carbocycles. The number of hydrogen-bond donors (Lipinski definition) is 1. The van der Waals surface area contributed by atoms with Gasteiger partial charge in [0.1, 0.15) is 17.1 Å². The number of likely N-dealkylation sites (tertiary alicyclic amines) is 1. The van der Waals surface area contributed by atoms with E-state index >= 15 is 0 Å². The Balaban J connectivity index is 2.13. The lowest BCUT2D eigenvalue weighted by atomic mass is 9.86. The van der Waals surface area contributed by atoms with Crippen LogP contribution in [0.25, 0.3) is 0 Å². The van der Waals surface area contributed by atoms with E-state index in [1.165, 1.54) is 0 Å². The Morgan fingerprint density at radius 2 is 1.96 bits per heavy atom. The smallest absolute Gasteiger partial charge is 0.410 e. The molecule has 1 fully saturated rings. The first-order chi connectivity index (χ1) is 11.2. The SMILES string of the molecule is COc1ccc(OC)c([C@H]2CCN(C(=O)OC(C)(C)C)C[C@@H]2O)c1. The van der Waals surface area contributed by atoms with Gasteiger partial charge in [-0.05, 0) is 45.4 Å². The van der Waals surface area contributed by atoms with Gasteiger partial charge in [-0.15, -0.1) is 0 Å². The molecule has 0 aromatic heterocycles. The van der Waals surface area contributed by atoms with Crippen LogP contribution in [0.1, 0.15) is 38.7 Å². The minimum Gasteiger partial charge on any atom is -0.497 e. The predicted octanol–water partition coefficient (Wildman–Crippen LogP) is 2.79. The number of aliphatic hydroxyl groups is 1. The molecule has 1 aliphatic rings. The van der Waals surface area contributed by atoms with E-state index in [1.807, 2.05) is 39.0 Å². The summed E-state index contributed by atoms with van der Waals surface area (Å²) in [5.41, 5.74) is 0.350. The third-order valence-electron chi connectivity index (χ3n) is 4.07. The van der Waals surface area contributed by atoms with Crippen molar-refractivity contribution in [2.24, 2.45) is 0 Å². The topological polar surface area (TPSA) is 68.2 Å². The van der Waals surface area contributed by atoms with Crippen LogP contribution >= 0.6 is 0 Å². The summed E-state index contributed by atoms with van der Waals surface area (Å²) in [6.45, 7) is 6.25. The summed E-state index contributed by atoms with van der Waals surface area (Å²) >= 11 is 0. The summed E-state index contributed by atoms with van der Waals surface area (Å²) < 4.78 is 16.1. The Labute approximate surface area is 143 Å². The number of nitrogens with zero attached hydrogens (tertiary/aromatic N) is 1. The molecule has 1 aromatic rings. The third-order valence-corrected chi connectivity index (χ3v) is 4.07. The molecule has 0 bridgehead atoms. The molecule has 134 valence electrons. The number of aliphatic hydroxyl groups excluding tert-OH is 1. The van der Waals surface area contributed by atoms with Crippen molar-refractivity contribution < 1.29 is 24.1 Å². The molecule has 1 saturated heterocycles. The highest BCUT2D eigenvalue weighted by Crippen LogP contribution is 2.37. The second kappa shape index (κ2) is 7.30. The summed E-state index contributed by atoms with van der Waals surface area (Å²) in [5.74, 6) is 1.31. The minimum absolute atomic E-state index is 0.117. The van der Waals surface area contributed by atoms with Gasteiger partial charge in [0.25, 0.3) is 0 Å². The summed E-state index contributed by atoms with van der Waals surface area (Å²) in [4.78, 5) is 13.7. The van der Waals surface area contributed by atoms with Gasteiger partial charge >= 0.3 is 6.09 Å². The first-order valence-electron chi connectivity index (χ1n) is 8.13. The fourth-order valence-electron chi connectivity index (χ4n) is 2.92. The molecule has 2 rings (SSSR count). The lowest BCUT2D eigenvalue weighted by molar-refractivity contribution is -0.00171. The number of rotatable bonds is 3. The fraction of sp³-hybridized carbons (Fsp3) is 0.611. The highest BCUT2D eigenvalue weighted by atomic mass is 16.6. The maximum Gasteiger partial charge on any atom is 0.410 e. The van der Waals surface area contributed by atoms with Gasteiger partial charge in [-0.2, -0.15) is 0 Å². The van der Waals surface area contributed by atoms with Crippen LogP contribution in [-0.4, -0.2) is 55.1 Å². The summed E-state index contributed by atoms with van der Waals surface area (Å²) in [7, 11) is 3.21. The van der Waals surface area contributed by atoms with Crippen molar-refractivity contribution in [1.29, 1.82) is 0 Å². The molecule has 0 unspecified atom stereocenters. The van der Waals surface area contributed by atoms with Crippen LogP contribution in [0, 0.1) is 0 Å². The van der Waals surface area contributed by atoms with Gasteiger partial charge in [-0.3, -0.25) is 0 Å². The zero-order valence-electron chi connectivity index (χ0n) is 15.0. The van der Waals surface area contributed by atoms with Gasteiger partial charge in [0, 0.05) is 18.0 Å². The number of amides is 1. The summed E-state index contributed by atoms with van der Waals surface area (Å²) in [6, 6.07) is 5.54. The van der Waals surface area contributed by atoms with Crippen LogP contribution in [0.5, 0.6) is 11.5 Å². The lowest BCUT2D eigenvalue weighted by Crippen LogP contribution is -2.47. The zero-order chi connectivity index (χ0) is 17.9. The van der Waals surface area contributed by atoms with Crippen LogP contribution in [0.2, 0.25) is 0 Å². The Hall–Kier alpha value is -1.95. The normalized spacial score (nSPS) is 21.3. The molecule has 0 spiro atoms. The number of carbonyl (C=O) groups is 1. The molecule has 6 heteroatoms. The van der Waals surface area contributed by atoms with Gasteiger partial charge in [-0.1, -0.05) is 0 Å². The van der Waals surface area contributed by atoms with E-state index < -0.39 is 17.8 Å². The van der Waals surface area contributed by atoms with E-state index in [0.717, 1.165) is 5.56 Å². The molecule has 24 heavy (non-hydrogen) atoms. The zero-order valence-corrected chi connectivity index (χ0v) is 15.0. The van der Waals surface area contributed by atoms with Crippen LogP contribution in [0.4, 0.5) is 4.79 Å². The summed E-state index contributed by atoms with van der Waals surface area (Å²) in [5, 5.41) is 10.6. The van der Waals surface area contributed by atoms with Gasteiger partial charge < -0.3 is 24.2 Å². The van der Waals surface area contributed by atoms with Gasteiger partial charge in [-0.25, -0.2) is 4.79 Å². The standard InChI is InChI=1S/C18H27NO5/c1-18(2,3)24-17(21)19-9-8-13(15(20)11-19)14-10-12(22-4)6-7-16(14)23-5/h6-7,10,13,15,20H,8-9,11H2,1-5H3/t13-,15+/m1/s1. The van der Waals surface area contributed by atoms with E-state index in [2.05, 4.69) is 0 Å². The first-order valence-corrected chi connectivity index (χ1v) is 8.13. The van der Waals surface area contributed by atoms with Crippen molar-refractivity contribution in [2.45, 2.75) is 44.8 Å². The Morgan fingerprint density at radius 1 is 1.25 bits per heavy atom. The van der Waals surface area contributed by atoms with Gasteiger partial charge in [0.2, 0.25) is 0 Å². The molecule has 6 nitrogen and oxygen atoms in total. The van der Waals surface area contributed by atoms with Gasteiger partial charge in [0.15, 0.2) is 0 Å². The summed E-state index contributed by atoms with van der Waals surface area (Å²) in [6.07, 6.45) is -0.450. The molecule has 1 amide bonds. The lowest BCUT2D eigenvalue weighted by Gasteiger charge is -2.37. The highest BCUT2D eigenvalue weighted by Gasteiger charge is 2.34. The average molecular weight is 337 g/mol. The van der Waals surface area contributed by atoms with Crippen LogP contribution in [0.15, 0.2) is 18.2 Å². The fourth-order valence-corrected chi connectivity index (χ4v) is 2.92. The van der Waals surface area contributed by atoms with Crippen molar-refractivity contribution >= 4 is 6.09 Å². The molecule has 2 atom stereocenters. The largest absolute Gasteiger partial charge is 0.497 e. The number of ether oxygens (including phenoxy) is 3. The second-order valence-electron chi connectivity index (χ2n) is 7.00. The number of methoxy groups -OCH3 is 2. The number of benzene rings is 1. The van der Waals surface area contributed by atoms with Crippen molar-refractivity contribution in [1.82, 2.24) is 4.90 Å². The number of β-amino-alcohol motifs (C(OH)–C–C–N with tert-alkyl or cyclic N) is 1. The van der Waals surface area contributed by atoms with Gasteiger partial charge in [0.05, 0.1) is 26.9 Å². The molecule has 0 saturated carbocycles. The quantitative estimate of drug-likeness (QED) is 0.918. The molecule has 1 N–H and O–H groups in total. The van der Waals surface area contributed by atoms with Crippen molar-refractivity contribution in [3.05, 3.63) is 23.8 Å². The molecule has 1 aromatic carbocycles. The van der Waals surface area contributed by atoms with E-state index in [-0.39, 0.29) is 12.5 Å². The van der Waals surface area contributed by atoms with E-state index in [4.69, 9.17) is 14.2 Å². The van der Waals surface area contributed by atoms with E-state index in [9.17, 15) is 9.90 Å². The average Bonchev–Trinajstić information content (AvgIpc) is 2.52. The van der Waals surface area contributed by atoms with Crippen LogP contribution < -0.4 is 9.47 Å². The van der Waals surface area contributed by atoms with Crippen molar-refractivity contribution in [3.63, 3.8) is 0 Å². The second-order valence-corrected chi connectivity index (χ2v) is 7.00. The monoisotopic (exact) mass is 337 g/mol. The minimum atomic E-state index is -0.688. The maximum absolute atomic E-state index is 12.2. The molecule has 1 heterocycles. The Morgan fingerprint density at radius 3 is 2.50 bits per heavy atom. The maximum atomic E-state index is 12.2. The number of piperidine rings is 1.